The number of aryl methyl sites for hydroxylation is 1. The summed E-state index contributed by atoms with van der Waals surface area (Å²) in [4.78, 5) is 12.7. The largest absolute Gasteiger partial charge is 0.293 e. The molecule has 0 spiro atoms. The van der Waals surface area contributed by atoms with E-state index in [-0.39, 0.29) is 11.5 Å². The Morgan fingerprint density at radius 3 is 2.58 bits per heavy atom. The highest BCUT2D eigenvalue weighted by Crippen LogP contribution is 2.17. The van der Waals surface area contributed by atoms with E-state index in [1.165, 1.54) is 0 Å². The van der Waals surface area contributed by atoms with Crippen LogP contribution in [0.3, 0.4) is 0 Å². The molecule has 1 atom stereocenters. The van der Waals surface area contributed by atoms with Crippen LogP contribution >= 0.6 is 11.6 Å². The van der Waals surface area contributed by atoms with Crippen LogP contribution in [0.15, 0.2) is 53.4 Å². The van der Waals surface area contributed by atoms with E-state index in [0.717, 1.165) is 5.56 Å². The van der Waals surface area contributed by atoms with Crippen LogP contribution in [-0.4, -0.2) is 15.7 Å². The molecule has 0 saturated heterocycles. The van der Waals surface area contributed by atoms with E-state index in [1.54, 1.807) is 30.3 Å². The molecule has 0 aliphatic heterocycles. The van der Waals surface area contributed by atoms with E-state index in [4.69, 9.17) is 11.6 Å². The van der Waals surface area contributed by atoms with Crippen molar-refractivity contribution in [3.05, 3.63) is 64.7 Å². The minimum absolute atomic E-state index is 0.0484. The van der Waals surface area contributed by atoms with Crippen molar-refractivity contribution in [3.8, 4) is 0 Å². The normalized spacial score (nSPS) is 12.1. The summed E-state index contributed by atoms with van der Waals surface area (Å²) in [6, 6.07) is 14.2. The van der Waals surface area contributed by atoms with Gasteiger partial charge in [0.2, 0.25) is 0 Å². The van der Waals surface area contributed by atoms with Crippen molar-refractivity contribution in [2.45, 2.75) is 11.8 Å². The van der Waals surface area contributed by atoms with Crippen LogP contribution in [0.5, 0.6) is 0 Å². The zero-order valence-electron chi connectivity index (χ0n) is 10.4. The minimum atomic E-state index is -1.34. The summed E-state index contributed by atoms with van der Waals surface area (Å²) in [6.45, 7) is 1.93. The maximum Gasteiger partial charge on any atom is 0.177 e. The average molecular weight is 293 g/mol. The molecule has 2 rings (SSSR count). The van der Waals surface area contributed by atoms with Crippen LogP contribution in [-0.2, 0) is 10.8 Å². The molecule has 19 heavy (non-hydrogen) atoms. The quantitative estimate of drug-likeness (QED) is 0.806. The maximum atomic E-state index is 12.1. The SMILES string of the molecule is Cc1cccc(S(=O)CC(=O)c2ccccc2Cl)c1. The smallest absolute Gasteiger partial charge is 0.177 e. The standard InChI is InChI=1S/C15H13ClO2S/c1-11-5-4-6-12(9-11)19(18)10-15(17)13-7-2-3-8-14(13)16/h2-9H,10H2,1H3. The molecule has 98 valence electrons. The molecule has 0 aliphatic rings. The highest BCUT2D eigenvalue weighted by atomic mass is 35.5. The van der Waals surface area contributed by atoms with Crippen LogP contribution in [0, 0.1) is 6.92 Å². The molecular formula is C15H13ClO2S. The molecule has 2 aromatic carbocycles. The van der Waals surface area contributed by atoms with Gasteiger partial charge in [-0.2, -0.15) is 0 Å². The van der Waals surface area contributed by atoms with Crippen molar-refractivity contribution in [2.75, 3.05) is 5.75 Å². The van der Waals surface area contributed by atoms with Crippen LogP contribution < -0.4 is 0 Å². The number of carbonyl (C=O) groups is 1. The Hall–Kier alpha value is -1.45. The summed E-state index contributed by atoms with van der Waals surface area (Å²) in [5.41, 5.74) is 1.45. The van der Waals surface area contributed by atoms with Crippen molar-refractivity contribution in [1.82, 2.24) is 0 Å². The van der Waals surface area contributed by atoms with E-state index in [0.29, 0.717) is 15.5 Å². The van der Waals surface area contributed by atoms with Gasteiger partial charge in [0.15, 0.2) is 5.78 Å². The predicted octanol–water partition coefficient (Wildman–Crippen LogP) is 3.64. The molecule has 0 bridgehead atoms. The molecule has 0 N–H and O–H groups in total. The molecule has 0 aromatic heterocycles. The number of Topliss-reactive ketones (excluding diaryl/α,β-unsaturated/α-hetero) is 1. The van der Waals surface area contributed by atoms with Gasteiger partial charge in [-0.1, -0.05) is 35.9 Å². The molecule has 0 amide bonds. The zero-order chi connectivity index (χ0) is 13.8. The zero-order valence-corrected chi connectivity index (χ0v) is 12.0. The highest BCUT2D eigenvalue weighted by molar-refractivity contribution is 7.85. The van der Waals surface area contributed by atoms with Gasteiger partial charge < -0.3 is 0 Å². The third kappa shape index (κ3) is 3.52. The van der Waals surface area contributed by atoms with Gasteiger partial charge in [0.25, 0.3) is 0 Å². The number of ketones is 1. The van der Waals surface area contributed by atoms with Crippen LogP contribution in [0.1, 0.15) is 15.9 Å². The monoisotopic (exact) mass is 292 g/mol. The number of hydrogen-bond donors (Lipinski definition) is 0. The molecule has 0 saturated carbocycles. The van der Waals surface area contributed by atoms with E-state index >= 15 is 0 Å². The second-order valence-corrected chi connectivity index (χ2v) is 6.07. The van der Waals surface area contributed by atoms with Gasteiger partial charge in [-0.3, -0.25) is 9.00 Å². The Morgan fingerprint density at radius 1 is 1.16 bits per heavy atom. The Labute approximate surface area is 119 Å². The van der Waals surface area contributed by atoms with E-state index in [9.17, 15) is 9.00 Å². The molecule has 0 fully saturated rings. The molecule has 1 unspecified atom stereocenters. The Bertz CT molecular complexity index is 638. The first kappa shape index (κ1) is 14.0. The summed E-state index contributed by atoms with van der Waals surface area (Å²) in [5, 5.41) is 0.397. The van der Waals surface area contributed by atoms with Crippen molar-refractivity contribution in [1.29, 1.82) is 0 Å². The first-order valence-corrected chi connectivity index (χ1v) is 7.50. The predicted molar refractivity (Wildman–Crippen MR) is 78.2 cm³/mol. The molecule has 0 heterocycles. The number of carbonyl (C=O) groups excluding carboxylic acids is 1. The highest BCUT2D eigenvalue weighted by Gasteiger charge is 2.14. The van der Waals surface area contributed by atoms with Gasteiger partial charge in [0.1, 0.15) is 0 Å². The first-order valence-electron chi connectivity index (χ1n) is 5.80. The summed E-state index contributed by atoms with van der Waals surface area (Å²) in [6.07, 6.45) is 0. The van der Waals surface area contributed by atoms with Crippen LogP contribution in [0.4, 0.5) is 0 Å². The van der Waals surface area contributed by atoms with Gasteiger partial charge in [-0.25, -0.2) is 0 Å². The van der Waals surface area contributed by atoms with Crippen molar-refractivity contribution in [2.24, 2.45) is 0 Å². The lowest BCUT2D eigenvalue weighted by Gasteiger charge is -2.04. The number of rotatable bonds is 4. The molecule has 4 heteroatoms. The topological polar surface area (TPSA) is 34.1 Å². The van der Waals surface area contributed by atoms with Crippen molar-refractivity contribution < 1.29 is 9.00 Å². The fraction of sp³-hybridized carbons (Fsp3) is 0.133. The second-order valence-electron chi connectivity index (χ2n) is 4.21. The second kappa shape index (κ2) is 6.13. The lowest BCUT2D eigenvalue weighted by atomic mass is 10.1. The first-order chi connectivity index (χ1) is 9.08. The summed E-state index contributed by atoms with van der Waals surface area (Å²) >= 11 is 5.95. The fourth-order valence-electron chi connectivity index (χ4n) is 1.72. The lowest BCUT2D eigenvalue weighted by Crippen LogP contribution is -2.11. The summed E-state index contributed by atoms with van der Waals surface area (Å²) < 4.78 is 12.1. The maximum absolute atomic E-state index is 12.1. The van der Waals surface area contributed by atoms with Crippen molar-refractivity contribution in [3.63, 3.8) is 0 Å². The number of hydrogen-bond acceptors (Lipinski definition) is 2. The van der Waals surface area contributed by atoms with Gasteiger partial charge >= 0.3 is 0 Å². The Morgan fingerprint density at radius 2 is 1.89 bits per heavy atom. The summed E-state index contributed by atoms with van der Waals surface area (Å²) in [7, 11) is -1.34. The van der Waals surface area contributed by atoms with Crippen LogP contribution in [0.2, 0.25) is 5.02 Å². The Balaban J connectivity index is 2.16. The molecule has 0 radical (unpaired) electrons. The molecule has 2 aromatic rings. The van der Waals surface area contributed by atoms with Gasteiger partial charge in [-0.15, -0.1) is 0 Å². The molecular weight excluding hydrogens is 280 g/mol. The minimum Gasteiger partial charge on any atom is -0.293 e. The third-order valence-corrected chi connectivity index (χ3v) is 4.32. The van der Waals surface area contributed by atoms with Gasteiger partial charge in [-0.05, 0) is 36.8 Å². The van der Waals surface area contributed by atoms with Crippen molar-refractivity contribution >= 4 is 28.2 Å². The van der Waals surface area contributed by atoms with E-state index < -0.39 is 10.8 Å². The fourth-order valence-corrected chi connectivity index (χ4v) is 3.07. The number of halogens is 1. The third-order valence-electron chi connectivity index (χ3n) is 2.69. The van der Waals surface area contributed by atoms with E-state index in [1.807, 2.05) is 25.1 Å². The van der Waals surface area contributed by atoms with Crippen LogP contribution in [0.25, 0.3) is 0 Å². The van der Waals surface area contributed by atoms with E-state index in [2.05, 4.69) is 0 Å². The molecule has 0 aliphatic carbocycles. The average Bonchev–Trinajstić information content (AvgIpc) is 2.39. The lowest BCUT2D eigenvalue weighted by molar-refractivity contribution is 0.102. The molecule has 2 nitrogen and oxygen atoms in total. The van der Waals surface area contributed by atoms with Gasteiger partial charge in [0, 0.05) is 10.5 Å². The number of benzene rings is 2. The summed E-state index contributed by atoms with van der Waals surface area (Å²) in [5.74, 6) is -0.252. The van der Waals surface area contributed by atoms with Gasteiger partial charge in [0.05, 0.1) is 21.6 Å². The Kier molecular flexibility index (Phi) is 4.51.